The molecule has 0 atom stereocenters. The normalized spacial score (nSPS) is 18.7. The number of thiocarbonyl (C=S) groups is 1. The third kappa shape index (κ3) is 7.49. The van der Waals surface area contributed by atoms with Crippen molar-refractivity contribution in [1.82, 2.24) is 0 Å². The molecule has 2 aromatic rings. The van der Waals surface area contributed by atoms with Gasteiger partial charge >= 0.3 is 0 Å². The van der Waals surface area contributed by atoms with Crippen molar-refractivity contribution in [3.63, 3.8) is 0 Å². The SMILES string of the molecule is CCCCCCCc1ccc([C@H]2CC[C@H](CCc3ccc(N=C=S)cc3)CC2)cc1. The summed E-state index contributed by atoms with van der Waals surface area (Å²) in [5, 5.41) is 2.43. The third-order valence-electron chi connectivity index (χ3n) is 6.82. The van der Waals surface area contributed by atoms with E-state index in [1.807, 2.05) is 12.1 Å². The molecule has 3 rings (SSSR count). The fourth-order valence-corrected chi connectivity index (χ4v) is 4.94. The standard InChI is InChI=1S/C28H37NS/c1-2-3-4-5-6-7-23-10-16-26(17-11-23)27-18-12-24(13-19-27)8-9-25-14-20-28(21-15-25)29-22-30/h10-11,14-17,20-21,24,27H,2-9,12-13,18-19H2,1H3/t24-,27-. The first kappa shape index (κ1) is 22.9. The van der Waals surface area contributed by atoms with Crippen molar-refractivity contribution in [1.29, 1.82) is 0 Å². The monoisotopic (exact) mass is 419 g/mol. The Balaban J connectivity index is 1.38. The number of aliphatic imine (C=N–C) groups is 1. The minimum Gasteiger partial charge on any atom is -0.195 e. The summed E-state index contributed by atoms with van der Waals surface area (Å²) in [6.07, 6.45) is 16.0. The molecular weight excluding hydrogens is 382 g/mol. The van der Waals surface area contributed by atoms with Gasteiger partial charge in [-0.1, -0.05) is 69.0 Å². The van der Waals surface area contributed by atoms with E-state index in [4.69, 9.17) is 0 Å². The quantitative estimate of drug-likeness (QED) is 0.201. The predicted octanol–water partition coefficient (Wildman–Crippen LogP) is 8.84. The Morgan fingerprint density at radius 3 is 2.10 bits per heavy atom. The van der Waals surface area contributed by atoms with Crippen molar-refractivity contribution in [2.45, 2.75) is 89.9 Å². The summed E-state index contributed by atoms with van der Waals surface area (Å²) >= 11 is 4.67. The summed E-state index contributed by atoms with van der Waals surface area (Å²) in [6, 6.07) is 18.1. The smallest absolute Gasteiger partial charge is 0.0739 e. The van der Waals surface area contributed by atoms with Gasteiger partial charge in [-0.3, -0.25) is 0 Å². The van der Waals surface area contributed by atoms with Crippen molar-refractivity contribution >= 4 is 23.1 Å². The minimum atomic E-state index is 0.770. The van der Waals surface area contributed by atoms with Crippen LogP contribution in [0.5, 0.6) is 0 Å². The Morgan fingerprint density at radius 2 is 1.43 bits per heavy atom. The summed E-state index contributed by atoms with van der Waals surface area (Å²) in [4.78, 5) is 4.03. The number of unbranched alkanes of at least 4 members (excludes halogenated alkanes) is 4. The maximum Gasteiger partial charge on any atom is 0.0739 e. The average Bonchev–Trinajstić information content (AvgIpc) is 2.79. The van der Waals surface area contributed by atoms with Crippen LogP contribution in [-0.4, -0.2) is 5.16 Å². The average molecular weight is 420 g/mol. The number of benzene rings is 2. The third-order valence-corrected chi connectivity index (χ3v) is 6.91. The van der Waals surface area contributed by atoms with Crippen LogP contribution in [0.25, 0.3) is 0 Å². The van der Waals surface area contributed by atoms with Gasteiger partial charge in [-0.2, -0.15) is 4.99 Å². The van der Waals surface area contributed by atoms with E-state index in [0.717, 1.165) is 17.5 Å². The van der Waals surface area contributed by atoms with Crippen LogP contribution in [0.15, 0.2) is 53.5 Å². The number of hydrogen-bond acceptors (Lipinski definition) is 2. The van der Waals surface area contributed by atoms with Crippen molar-refractivity contribution < 1.29 is 0 Å². The lowest BCUT2D eigenvalue weighted by atomic mass is 9.77. The summed E-state index contributed by atoms with van der Waals surface area (Å²) in [7, 11) is 0. The molecule has 0 N–H and O–H groups in total. The van der Waals surface area contributed by atoms with Crippen LogP contribution in [0.1, 0.15) is 93.7 Å². The number of isothiocyanates is 1. The first-order valence-electron chi connectivity index (χ1n) is 12.0. The molecule has 0 radical (unpaired) electrons. The van der Waals surface area contributed by atoms with Crippen LogP contribution in [0.3, 0.4) is 0 Å². The number of hydrogen-bond donors (Lipinski definition) is 0. The molecule has 2 aromatic carbocycles. The zero-order valence-electron chi connectivity index (χ0n) is 18.6. The lowest BCUT2D eigenvalue weighted by Crippen LogP contribution is -2.14. The zero-order valence-corrected chi connectivity index (χ0v) is 19.4. The largest absolute Gasteiger partial charge is 0.195 e. The highest BCUT2D eigenvalue weighted by Gasteiger charge is 2.22. The molecule has 1 aliphatic rings. The van der Waals surface area contributed by atoms with E-state index in [-0.39, 0.29) is 0 Å². The Morgan fingerprint density at radius 1 is 0.800 bits per heavy atom. The van der Waals surface area contributed by atoms with E-state index in [9.17, 15) is 0 Å². The van der Waals surface area contributed by atoms with Gasteiger partial charge in [0.05, 0.1) is 10.8 Å². The summed E-state index contributed by atoms with van der Waals surface area (Å²) in [5.74, 6) is 1.65. The van der Waals surface area contributed by atoms with Gasteiger partial charge in [0.2, 0.25) is 0 Å². The van der Waals surface area contributed by atoms with Gasteiger partial charge in [-0.25, -0.2) is 0 Å². The number of nitrogens with zero attached hydrogens (tertiary/aromatic N) is 1. The summed E-state index contributed by atoms with van der Waals surface area (Å²) in [6.45, 7) is 2.28. The molecule has 160 valence electrons. The first-order valence-corrected chi connectivity index (χ1v) is 12.4. The zero-order chi connectivity index (χ0) is 21.0. The lowest BCUT2D eigenvalue weighted by Gasteiger charge is -2.29. The van der Waals surface area contributed by atoms with Crippen LogP contribution in [0, 0.1) is 5.92 Å². The first-order chi connectivity index (χ1) is 14.8. The Bertz CT molecular complexity index is 778. The van der Waals surface area contributed by atoms with Crippen LogP contribution < -0.4 is 0 Å². The molecule has 0 saturated heterocycles. The molecule has 0 amide bonds. The van der Waals surface area contributed by atoms with Gasteiger partial charge in [0.25, 0.3) is 0 Å². The van der Waals surface area contributed by atoms with Crippen LogP contribution >= 0.6 is 12.2 Å². The van der Waals surface area contributed by atoms with Gasteiger partial charge in [0.15, 0.2) is 0 Å². The Hall–Kier alpha value is -1.76. The lowest BCUT2D eigenvalue weighted by molar-refractivity contribution is 0.310. The van der Waals surface area contributed by atoms with Crippen molar-refractivity contribution in [3.05, 3.63) is 65.2 Å². The van der Waals surface area contributed by atoms with Crippen molar-refractivity contribution in [3.8, 4) is 0 Å². The second-order valence-electron chi connectivity index (χ2n) is 9.03. The van der Waals surface area contributed by atoms with E-state index in [0.29, 0.717) is 0 Å². The molecule has 30 heavy (non-hydrogen) atoms. The van der Waals surface area contributed by atoms with Gasteiger partial charge < -0.3 is 0 Å². The molecule has 0 aromatic heterocycles. The Kier molecular flexibility index (Phi) is 9.80. The second-order valence-corrected chi connectivity index (χ2v) is 9.21. The molecule has 1 aliphatic carbocycles. The maximum absolute atomic E-state index is 4.67. The highest BCUT2D eigenvalue weighted by molar-refractivity contribution is 7.78. The Labute approximate surface area is 189 Å². The molecular formula is C28H37NS. The van der Waals surface area contributed by atoms with E-state index < -0.39 is 0 Å². The molecule has 0 unspecified atom stereocenters. The van der Waals surface area contributed by atoms with Crippen LogP contribution in [0.2, 0.25) is 0 Å². The minimum absolute atomic E-state index is 0.770. The molecule has 1 nitrogen and oxygen atoms in total. The van der Waals surface area contributed by atoms with Gasteiger partial charge in [-0.15, -0.1) is 0 Å². The number of aryl methyl sites for hydroxylation is 2. The number of rotatable bonds is 11. The van der Waals surface area contributed by atoms with E-state index in [2.05, 4.69) is 65.7 Å². The van der Waals surface area contributed by atoms with Crippen LogP contribution in [-0.2, 0) is 12.8 Å². The highest BCUT2D eigenvalue weighted by atomic mass is 32.1. The molecule has 0 aliphatic heterocycles. The molecule has 0 spiro atoms. The molecule has 1 saturated carbocycles. The topological polar surface area (TPSA) is 12.4 Å². The van der Waals surface area contributed by atoms with Gasteiger partial charge in [0.1, 0.15) is 0 Å². The molecule has 1 fully saturated rings. The van der Waals surface area contributed by atoms with E-state index in [1.165, 1.54) is 88.2 Å². The fourth-order valence-electron chi connectivity index (χ4n) is 4.83. The van der Waals surface area contributed by atoms with Crippen molar-refractivity contribution in [2.24, 2.45) is 10.9 Å². The van der Waals surface area contributed by atoms with Gasteiger partial charge in [-0.05, 0) is 104 Å². The molecule has 2 heteroatoms. The second kappa shape index (κ2) is 12.8. The summed E-state index contributed by atoms with van der Waals surface area (Å²) < 4.78 is 0. The van der Waals surface area contributed by atoms with E-state index in [1.54, 1.807) is 5.56 Å². The maximum atomic E-state index is 4.67. The fraction of sp³-hybridized carbons (Fsp3) is 0.536. The molecule has 0 bridgehead atoms. The van der Waals surface area contributed by atoms with E-state index >= 15 is 0 Å². The van der Waals surface area contributed by atoms with Crippen LogP contribution in [0.4, 0.5) is 5.69 Å². The van der Waals surface area contributed by atoms with Crippen molar-refractivity contribution in [2.75, 3.05) is 0 Å². The highest BCUT2D eigenvalue weighted by Crippen LogP contribution is 2.37. The van der Waals surface area contributed by atoms with Gasteiger partial charge in [0, 0.05) is 0 Å². The predicted molar refractivity (Wildman–Crippen MR) is 133 cm³/mol. The summed E-state index contributed by atoms with van der Waals surface area (Å²) in [5.41, 5.74) is 5.40. The molecule has 0 heterocycles.